The summed E-state index contributed by atoms with van der Waals surface area (Å²) in [5.41, 5.74) is 1.55. The number of aromatic nitrogens is 1. The van der Waals surface area contributed by atoms with E-state index < -0.39 is 5.97 Å². The zero-order valence-corrected chi connectivity index (χ0v) is 12.5. The number of carbonyl (C=O) groups is 2. The summed E-state index contributed by atoms with van der Waals surface area (Å²) in [6, 6.07) is 7.51. The smallest absolute Gasteiger partial charge is 0.323 e. The van der Waals surface area contributed by atoms with E-state index >= 15 is 0 Å². The van der Waals surface area contributed by atoms with Crippen LogP contribution >= 0.6 is 0 Å². The van der Waals surface area contributed by atoms with Crippen molar-refractivity contribution >= 4 is 22.8 Å². The fourth-order valence-corrected chi connectivity index (χ4v) is 2.47. The lowest BCUT2D eigenvalue weighted by Gasteiger charge is -2.24. The highest BCUT2D eigenvalue weighted by molar-refractivity contribution is 6.07. The van der Waals surface area contributed by atoms with Crippen LogP contribution in [0.1, 0.15) is 31.1 Å². The monoisotopic (exact) mass is 288 g/mol. The molecule has 2 aromatic rings. The first-order valence-corrected chi connectivity index (χ1v) is 7.06. The molecule has 1 aromatic carbocycles. The third kappa shape index (κ3) is 2.91. The first-order chi connectivity index (χ1) is 9.95. The van der Waals surface area contributed by atoms with E-state index in [2.05, 4.69) is 0 Å². The fourth-order valence-electron chi connectivity index (χ4n) is 2.47. The lowest BCUT2D eigenvalue weighted by atomic mass is 10.1. The van der Waals surface area contributed by atoms with Crippen molar-refractivity contribution in [3.05, 3.63) is 36.0 Å². The predicted molar refractivity (Wildman–Crippen MR) is 81.4 cm³/mol. The number of para-hydroxylation sites is 1. The molecule has 0 spiro atoms. The van der Waals surface area contributed by atoms with Crippen molar-refractivity contribution < 1.29 is 14.7 Å². The largest absolute Gasteiger partial charge is 0.480 e. The van der Waals surface area contributed by atoms with Gasteiger partial charge < -0.3 is 14.6 Å². The summed E-state index contributed by atoms with van der Waals surface area (Å²) in [4.78, 5) is 25.1. The van der Waals surface area contributed by atoms with E-state index in [1.807, 2.05) is 55.8 Å². The van der Waals surface area contributed by atoms with E-state index in [0.29, 0.717) is 5.56 Å². The van der Waals surface area contributed by atoms with Crippen molar-refractivity contribution in [2.75, 3.05) is 6.54 Å². The van der Waals surface area contributed by atoms with Crippen molar-refractivity contribution in [2.45, 2.75) is 33.4 Å². The normalized spacial score (nSPS) is 11.0. The Balaban J connectivity index is 2.49. The van der Waals surface area contributed by atoms with Crippen molar-refractivity contribution in [3.63, 3.8) is 0 Å². The quantitative estimate of drug-likeness (QED) is 0.920. The molecule has 5 heteroatoms. The van der Waals surface area contributed by atoms with Gasteiger partial charge in [0.15, 0.2) is 0 Å². The minimum Gasteiger partial charge on any atom is -0.480 e. The Labute approximate surface area is 123 Å². The molecule has 0 aliphatic heterocycles. The molecule has 2 rings (SSSR count). The molecule has 0 aliphatic rings. The van der Waals surface area contributed by atoms with Crippen molar-refractivity contribution in [1.82, 2.24) is 9.47 Å². The average Bonchev–Trinajstić information content (AvgIpc) is 2.82. The molecule has 0 bridgehead atoms. The van der Waals surface area contributed by atoms with E-state index in [9.17, 15) is 9.59 Å². The van der Waals surface area contributed by atoms with E-state index in [4.69, 9.17) is 5.11 Å². The average molecular weight is 288 g/mol. The predicted octanol–water partition coefficient (Wildman–Crippen LogP) is 2.60. The third-order valence-electron chi connectivity index (χ3n) is 3.55. The van der Waals surface area contributed by atoms with Gasteiger partial charge in [0.05, 0.1) is 5.56 Å². The Kier molecular flexibility index (Phi) is 4.31. The summed E-state index contributed by atoms with van der Waals surface area (Å²) in [7, 11) is 0. The highest BCUT2D eigenvalue weighted by Crippen LogP contribution is 2.23. The number of rotatable bonds is 5. The number of aliphatic carboxylic acids is 1. The fraction of sp³-hybridized carbons (Fsp3) is 0.375. The molecule has 1 N–H and O–H groups in total. The maximum Gasteiger partial charge on any atom is 0.323 e. The van der Waals surface area contributed by atoms with Gasteiger partial charge in [-0.25, -0.2) is 0 Å². The number of carboxylic acid groups (broad SMARTS) is 1. The Morgan fingerprint density at radius 1 is 1.29 bits per heavy atom. The Morgan fingerprint density at radius 2 is 1.95 bits per heavy atom. The second kappa shape index (κ2) is 5.99. The minimum atomic E-state index is -1.00. The molecule has 0 saturated heterocycles. The molecule has 0 fully saturated rings. The van der Waals surface area contributed by atoms with Gasteiger partial charge in [0, 0.05) is 29.7 Å². The molecule has 0 aliphatic carbocycles. The lowest BCUT2D eigenvalue weighted by Crippen LogP contribution is -2.40. The van der Waals surface area contributed by atoms with Gasteiger partial charge in [-0.3, -0.25) is 9.59 Å². The second-order valence-corrected chi connectivity index (χ2v) is 5.27. The second-order valence-electron chi connectivity index (χ2n) is 5.27. The van der Waals surface area contributed by atoms with Gasteiger partial charge in [-0.05, 0) is 26.8 Å². The Bertz CT molecular complexity index is 673. The Hall–Kier alpha value is -2.30. The van der Waals surface area contributed by atoms with Crippen LogP contribution in [0.2, 0.25) is 0 Å². The number of hydrogen-bond acceptors (Lipinski definition) is 2. The molecule has 1 heterocycles. The van der Waals surface area contributed by atoms with Gasteiger partial charge in [-0.2, -0.15) is 0 Å². The van der Waals surface area contributed by atoms with Crippen LogP contribution in [0.5, 0.6) is 0 Å². The van der Waals surface area contributed by atoms with Crippen LogP contribution in [0.15, 0.2) is 30.5 Å². The summed E-state index contributed by atoms with van der Waals surface area (Å²) in [5, 5.41) is 9.86. The number of benzene rings is 1. The van der Waals surface area contributed by atoms with E-state index in [1.54, 1.807) is 0 Å². The van der Waals surface area contributed by atoms with E-state index in [0.717, 1.165) is 17.4 Å². The lowest BCUT2D eigenvalue weighted by molar-refractivity contribution is -0.138. The van der Waals surface area contributed by atoms with Crippen molar-refractivity contribution in [2.24, 2.45) is 0 Å². The SMILES string of the molecule is CCn1cc(C(=O)N(CC(=O)O)C(C)C)c2ccccc21. The van der Waals surface area contributed by atoms with Crippen molar-refractivity contribution in [1.29, 1.82) is 0 Å². The van der Waals surface area contributed by atoms with Crippen LogP contribution in [0.4, 0.5) is 0 Å². The number of amides is 1. The number of hydrogen-bond donors (Lipinski definition) is 1. The highest BCUT2D eigenvalue weighted by Gasteiger charge is 2.24. The first-order valence-electron chi connectivity index (χ1n) is 7.06. The minimum absolute atomic E-state index is 0.169. The molecule has 1 aromatic heterocycles. The molecule has 5 nitrogen and oxygen atoms in total. The van der Waals surface area contributed by atoms with Crippen LogP contribution in [-0.2, 0) is 11.3 Å². The molecule has 0 unspecified atom stereocenters. The number of nitrogens with zero attached hydrogens (tertiary/aromatic N) is 2. The summed E-state index contributed by atoms with van der Waals surface area (Å²) in [5.74, 6) is -1.24. The molecule has 0 saturated carbocycles. The van der Waals surface area contributed by atoms with Crippen LogP contribution in [0.3, 0.4) is 0 Å². The zero-order valence-electron chi connectivity index (χ0n) is 12.5. The third-order valence-corrected chi connectivity index (χ3v) is 3.55. The van der Waals surface area contributed by atoms with Crippen molar-refractivity contribution in [3.8, 4) is 0 Å². The van der Waals surface area contributed by atoms with Crippen LogP contribution in [0, 0.1) is 0 Å². The van der Waals surface area contributed by atoms with Crippen LogP contribution in [-0.4, -0.2) is 39.0 Å². The number of carboxylic acids is 1. The number of aryl methyl sites for hydroxylation is 1. The molecule has 21 heavy (non-hydrogen) atoms. The summed E-state index contributed by atoms with van der Waals surface area (Å²) in [6.45, 7) is 6.12. The highest BCUT2D eigenvalue weighted by atomic mass is 16.4. The van der Waals surface area contributed by atoms with Gasteiger partial charge in [0.1, 0.15) is 6.54 Å². The van der Waals surface area contributed by atoms with Crippen LogP contribution < -0.4 is 0 Å². The standard InChI is InChI=1S/C16H20N2O3/c1-4-17-9-13(12-7-5-6-8-14(12)17)16(21)18(11(2)3)10-15(19)20/h5-9,11H,4,10H2,1-3H3,(H,19,20). The maximum atomic E-state index is 12.7. The summed E-state index contributed by atoms with van der Waals surface area (Å²) in [6.07, 6.45) is 1.81. The topological polar surface area (TPSA) is 62.5 Å². The molecular formula is C16H20N2O3. The van der Waals surface area contributed by atoms with Gasteiger partial charge in [-0.1, -0.05) is 18.2 Å². The Morgan fingerprint density at radius 3 is 2.52 bits per heavy atom. The number of carbonyl (C=O) groups excluding carboxylic acids is 1. The molecule has 1 amide bonds. The first kappa shape index (κ1) is 15.1. The van der Waals surface area contributed by atoms with E-state index in [-0.39, 0.29) is 18.5 Å². The van der Waals surface area contributed by atoms with Gasteiger partial charge >= 0.3 is 5.97 Å². The maximum absolute atomic E-state index is 12.7. The molecule has 0 radical (unpaired) electrons. The molecule has 0 atom stereocenters. The molecular weight excluding hydrogens is 268 g/mol. The summed E-state index contributed by atoms with van der Waals surface area (Å²) < 4.78 is 2.00. The zero-order chi connectivity index (χ0) is 15.6. The number of fused-ring (bicyclic) bond motifs is 1. The summed E-state index contributed by atoms with van der Waals surface area (Å²) >= 11 is 0. The van der Waals surface area contributed by atoms with Gasteiger partial charge in [0.25, 0.3) is 5.91 Å². The van der Waals surface area contributed by atoms with Gasteiger partial charge in [-0.15, -0.1) is 0 Å². The molecule has 112 valence electrons. The van der Waals surface area contributed by atoms with E-state index in [1.165, 1.54) is 4.90 Å². The van der Waals surface area contributed by atoms with Crippen LogP contribution in [0.25, 0.3) is 10.9 Å². The van der Waals surface area contributed by atoms with Gasteiger partial charge in [0.2, 0.25) is 0 Å².